The van der Waals surface area contributed by atoms with Gasteiger partial charge in [-0.15, -0.1) is 0 Å². The molecule has 1 aromatic carbocycles. The Hall–Kier alpha value is -0.610. The van der Waals surface area contributed by atoms with Crippen molar-refractivity contribution in [2.45, 2.75) is 30.5 Å². The number of thioether (sulfide) groups is 1. The number of fused-ring (bicyclic) bond motifs is 1. The van der Waals surface area contributed by atoms with E-state index in [1.165, 1.54) is 6.07 Å². The quantitative estimate of drug-likeness (QED) is 0.739. The fraction of sp³-hybridized carbons (Fsp3) is 0.455. The maximum Gasteiger partial charge on any atom is 0.132 e. The van der Waals surface area contributed by atoms with Crippen molar-refractivity contribution in [3.63, 3.8) is 0 Å². The first-order valence-electron chi connectivity index (χ1n) is 4.85. The summed E-state index contributed by atoms with van der Waals surface area (Å²) in [5.41, 5.74) is 0.850. The zero-order valence-corrected chi connectivity index (χ0v) is 9.15. The highest BCUT2D eigenvalue weighted by molar-refractivity contribution is 7.99. The van der Waals surface area contributed by atoms with E-state index >= 15 is 0 Å². The van der Waals surface area contributed by atoms with E-state index in [-0.39, 0.29) is 10.8 Å². The van der Waals surface area contributed by atoms with Crippen molar-refractivity contribution < 1.29 is 13.9 Å². The molecule has 0 saturated carbocycles. The number of aliphatic hydroxyl groups excluding tert-OH is 1. The molecule has 0 aliphatic carbocycles. The van der Waals surface area contributed by atoms with Crippen LogP contribution in [0.15, 0.2) is 12.1 Å². The third kappa shape index (κ3) is 2.16. The lowest BCUT2D eigenvalue weighted by molar-refractivity contribution is 0.163. The monoisotopic (exact) mass is 230 g/mol. The minimum absolute atomic E-state index is 0.259. The van der Waals surface area contributed by atoms with Crippen LogP contribution < -0.4 is 0 Å². The van der Waals surface area contributed by atoms with Crippen LogP contribution in [0, 0.1) is 11.6 Å². The van der Waals surface area contributed by atoms with Crippen molar-refractivity contribution >= 4 is 11.8 Å². The molecule has 1 heterocycles. The normalized spacial score (nSPS) is 25.9. The Labute approximate surface area is 91.5 Å². The van der Waals surface area contributed by atoms with E-state index in [9.17, 15) is 13.9 Å². The largest absolute Gasteiger partial charge is 0.388 e. The van der Waals surface area contributed by atoms with Crippen molar-refractivity contribution in [1.29, 1.82) is 0 Å². The Morgan fingerprint density at radius 3 is 2.87 bits per heavy atom. The molecule has 2 atom stereocenters. The summed E-state index contributed by atoms with van der Waals surface area (Å²) in [4.78, 5) is 0. The molecule has 0 bridgehead atoms. The Balaban J connectivity index is 2.48. The molecule has 0 fully saturated rings. The van der Waals surface area contributed by atoms with Crippen molar-refractivity contribution in [3.8, 4) is 0 Å². The van der Waals surface area contributed by atoms with E-state index in [4.69, 9.17) is 0 Å². The molecule has 1 unspecified atom stereocenters. The van der Waals surface area contributed by atoms with Gasteiger partial charge in [-0.2, -0.15) is 11.8 Å². The van der Waals surface area contributed by atoms with Crippen LogP contribution in [0.3, 0.4) is 0 Å². The lowest BCUT2D eigenvalue weighted by Crippen LogP contribution is -2.06. The van der Waals surface area contributed by atoms with Crippen LogP contribution in [0.25, 0.3) is 0 Å². The molecule has 1 aliphatic rings. The summed E-state index contributed by atoms with van der Waals surface area (Å²) in [5, 5.41) is 10.1. The Bertz CT molecular complexity index is 381. The van der Waals surface area contributed by atoms with Gasteiger partial charge in [0.1, 0.15) is 11.6 Å². The predicted molar refractivity (Wildman–Crippen MR) is 56.7 cm³/mol. The first kappa shape index (κ1) is 10.9. The second-order valence-corrected chi connectivity index (χ2v) is 5.26. The van der Waals surface area contributed by atoms with Gasteiger partial charge in [0.25, 0.3) is 0 Å². The smallest absolute Gasteiger partial charge is 0.132 e. The topological polar surface area (TPSA) is 20.2 Å². The lowest BCUT2D eigenvalue weighted by atomic mass is 9.99. The van der Waals surface area contributed by atoms with Crippen molar-refractivity contribution in [3.05, 3.63) is 34.9 Å². The number of aliphatic hydroxyl groups is 1. The number of benzene rings is 1. The summed E-state index contributed by atoms with van der Waals surface area (Å²) in [5.74, 6) is -0.650. The zero-order chi connectivity index (χ0) is 11.0. The Kier molecular flexibility index (Phi) is 2.98. The van der Waals surface area contributed by atoms with Gasteiger partial charge < -0.3 is 5.11 Å². The molecular weight excluding hydrogens is 218 g/mol. The molecule has 0 aromatic heterocycles. The van der Waals surface area contributed by atoms with Gasteiger partial charge in [-0.1, -0.05) is 6.92 Å². The molecule has 15 heavy (non-hydrogen) atoms. The molecule has 1 N–H and O–H groups in total. The van der Waals surface area contributed by atoms with Crippen LogP contribution in [0.4, 0.5) is 8.78 Å². The molecule has 1 aliphatic heterocycles. The highest BCUT2D eigenvalue weighted by Crippen LogP contribution is 2.36. The molecule has 0 spiro atoms. The zero-order valence-electron chi connectivity index (χ0n) is 8.34. The molecule has 0 saturated heterocycles. The van der Waals surface area contributed by atoms with Crippen molar-refractivity contribution in [2.75, 3.05) is 0 Å². The summed E-state index contributed by atoms with van der Waals surface area (Å²) in [7, 11) is 0. The fourth-order valence-electron chi connectivity index (χ4n) is 1.86. The van der Waals surface area contributed by atoms with Crippen molar-refractivity contribution in [2.24, 2.45) is 0 Å². The van der Waals surface area contributed by atoms with Gasteiger partial charge in [0, 0.05) is 22.6 Å². The summed E-state index contributed by atoms with van der Waals surface area (Å²) in [6.45, 7) is 1.98. The highest BCUT2D eigenvalue weighted by Gasteiger charge is 2.24. The summed E-state index contributed by atoms with van der Waals surface area (Å²) in [6.07, 6.45) is -0.300. The standard InChI is InChI=1S/C11H12F2OS/c1-6-2-10(14)11-7(5-15-6)3-8(12)4-9(11)13/h3-4,6,10,14H,2,5H2,1H3/t6?,10-/m1/s1. The van der Waals surface area contributed by atoms with Crippen LogP contribution in [-0.4, -0.2) is 10.4 Å². The van der Waals surface area contributed by atoms with Crippen LogP contribution in [-0.2, 0) is 5.75 Å². The molecule has 0 amide bonds. The Morgan fingerprint density at radius 2 is 2.13 bits per heavy atom. The predicted octanol–water partition coefficient (Wildman–Crippen LogP) is 3.02. The van der Waals surface area contributed by atoms with Crippen LogP contribution in [0.2, 0.25) is 0 Å². The SMILES string of the molecule is CC1C[C@@H](O)c2c(F)cc(F)cc2CS1. The number of halogens is 2. The molecule has 1 nitrogen and oxygen atoms in total. The fourth-order valence-corrected chi connectivity index (χ4v) is 2.88. The van der Waals surface area contributed by atoms with Crippen LogP contribution in [0.1, 0.15) is 30.6 Å². The minimum Gasteiger partial charge on any atom is -0.388 e. The Morgan fingerprint density at radius 1 is 1.40 bits per heavy atom. The van der Waals surface area contributed by atoms with E-state index in [0.717, 1.165) is 6.07 Å². The van der Waals surface area contributed by atoms with Gasteiger partial charge in [-0.3, -0.25) is 0 Å². The summed E-state index contributed by atoms with van der Waals surface area (Å²) < 4.78 is 26.5. The molecule has 0 radical (unpaired) electrons. The van der Waals surface area contributed by atoms with Gasteiger partial charge in [0.15, 0.2) is 0 Å². The number of rotatable bonds is 0. The third-order valence-corrected chi connectivity index (χ3v) is 3.83. The van der Waals surface area contributed by atoms with Gasteiger partial charge in [0.2, 0.25) is 0 Å². The third-order valence-electron chi connectivity index (χ3n) is 2.59. The maximum absolute atomic E-state index is 13.5. The van der Waals surface area contributed by atoms with Crippen LogP contribution in [0.5, 0.6) is 0 Å². The number of hydrogen-bond donors (Lipinski definition) is 1. The molecular formula is C11H12F2OS. The van der Waals surface area contributed by atoms with E-state index in [0.29, 0.717) is 17.7 Å². The second kappa shape index (κ2) is 4.10. The van der Waals surface area contributed by atoms with Gasteiger partial charge in [-0.05, 0) is 18.1 Å². The number of hydrogen-bond acceptors (Lipinski definition) is 2. The van der Waals surface area contributed by atoms with Gasteiger partial charge in [-0.25, -0.2) is 8.78 Å². The average Bonchev–Trinajstić information content (AvgIpc) is 2.25. The summed E-state index contributed by atoms with van der Waals surface area (Å²) in [6, 6.07) is 2.15. The molecule has 2 rings (SSSR count). The maximum atomic E-state index is 13.5. The van der Waals surface area contributed by atoms with Crippen LogP contribution >= 0.6 is 11.8 Å². The van der Waals surface area contributed by atoms with E-state index in [2.05, 4.69) is 0 Å². The highest BCUT2D eigenvalue weighted by atomic mass is 32.2. The van der Waals surface area contributed by atoms with E-state index in [1.54, 1.807) is 11.8 Å². The summed E-state index contributed by atoms with van der Waals surface area (Å²) >= 11 is 1.61. The first-order chi connectivity index (χ1) is 7.08. The van der Waals surface area contributed by atoms with Gasteiger partial charge >= 0.3 is 0 Å². The first-order valence-corrected chi connectivity index (χ1v) is 5.90. The minimum atomic E-state index is -0.814. The van der Waals surface area contributed by atoms with E-state index in [1.807, 2.05) is 6.92 Å². The molecule has 1 aromatic rings. The second-order valence-electron chi connectivity index (χ2n) is 3.83. The average molecular weight is 230 g/mol. The van der Waals surface area contributed by atoms with Crippen molar-refractivity contribution in [1.82, 2.24) is 0 Å². The van der Waals surface area contributed by atoms with Gasteiger partial charge in [0.05, 0.1) is 6.10 Å². The molecule has 4 heteroatoms. The lowest BCUT2D eigenvalue weighted by Gasteiger charge is -2.13. The molecule has 82 valence electrons. The van der Waals surface area contributed by atoms with E-state index < -0.39 is 17.7 Å².